The molecule has 1 saturated heterocycles. The molecule has 0 bridgehead atoms. The van der Waals surface area contributed by atoms with Gasteiger partial charge in [0, 0.05) is 61.3 Å². The minimum Gasteiger partial charge on any atom is -0.410 e. The van der Waals surface area contributed by atoms with Crippen LogP contribution in [0, 0.1) is 0 Å². The van der Waals surface area contributed by atoms with Crippen molar-refractivity contribution < 1.29 is 22.7 Å². The number of carbonyl (C=O) groups is 1. The number of hydrogen-bond acceptors (Lipinski definition) is 6. The van der Waals surface area contributed by atoms with Gasteiger partial charge in [0.1, 0.15) is 11.6 Å². The van der Waals surface area contributed by atoms with Crippen LogP contribution >= 0.6 is 0 Å². The summed E-state index contributed by atoms with van der Waals surface area (Å²) in [5.41, 5.74) is 2.32. The molecule has 36 heavy (non-hydrogen) atoms. The lowest BCUT2D eigenvalue weighted by Crippen LogP contribution is -2.51. The second-order valence-electron chi connectivity index (χ2n) is 9.79. The number of amides is 1. The average Bonchev–Trinajstić information content (AvgIpc) is 3.26. The summed E-state index contributed by atoms with van der Waals surface area (Å²) < 4.78 is 43.9. The standard InChI is InChI=1S/C25H27F3N6O2/c1-15-13-33(8-9-34(15)21-7-5-18(12-29-21)25(26,27)28)14-17-11-30-32-22(17)16-4-6-20-19(10-16)24(2,3)31-23(35)36-20/h4-7,10-12,15H,8-9,13-14H2,1-3H3,(H,30,32)(H,31,35). The van der Waals surface area contributed by atoms with Crippen LogP contribution < -0.4 is 15.0 Å². The van der Waals surface area contributed by atoms with Gasteiger partial charge in [0.15, 0.2) is 0 Å². The molecule has 2 aromatic heterocycles. The Hall–Kier alpha value is -3.60. The molecule has 11 heteroatoms. The molecular formula is C25H27F3N6O2. The lowest BCUT2D eigenvalue weighted by atomic mass is 9.90. The molecule has 2 aliphatic heterocycles. The maximum absolute atomic E-state index is 12.9. The lowest BCUT2D eigenvalue weighted by molar-refractivity contribution is -0.137. The van der Waals surface area contributed by atoms with E-state index in [4.69, 9.17) is 4.74 Å². The number of anilines is 1. The van der Waals surface area contributed by atoms with Gasteiger partial charge in [0.2, 0.25) is 0 Å². The van der Waals surface area contributed by atoms with E-state index in [1.807, 2.05) is 44.0 Å². The van der Waals surface area contributed by atoms with Gasteiger partial charge in [-0.25, -0.2) is 9.78 Å². The van der Waals surface area contributed by atoms with Gasteiger partial charge in [-0.1, -0.05) is 0 Å². The summed E-state index contributed by atoms with van der Waals surface area (Å²) in [4.78, 5) is 20.2. The molecule has 1 unspecified atom stereocenters. The van der Waals surface area contributed by atoms with Crippen LogP contribution in [0.25, 0.3) is 11.3 Å². The zero-order valence-corrected chi connectivity index (χ0v) is 20.2. The third-order valence-electron chi connectivity index (χ3n) is 6.74. The number of aromatic amines is 1. The predicted molar refractivity (Wildman–Crippen MR) is 128 cm³/mol. The number of rotatable bonds is 4. The Morgan fingerprint density at radius 1 is 1.19 bits per heavy atom. The minimum atomic E-state index is -4.40. The number of carbonyl (C=O) groups excluding carboxylic acids is 1. The predicted octanol–water partition coefficient (Wildman–Crippen LogP) is 4.54. The number of piperazine rings is 1. The van der Waals surface area contributed by atoms with E-state index in [1.165, 1.54) is 6.07 Å². The van der Waals surface area contributed by atoms with Gasteiger partial charge in [-0.15, -0.1) is 0 Å². The van der Waals surface area contributed by atoms with Crippen molar-refractivity contribution in [2.45, 2.75) is 45.1 Å². The SMILES string of the molecule is CC1CN(Cc2c[nH]nc2-c2ccc3c(c2)C(C)(C)NC(=O)O3)CCN1c1ccc(C(F)(F)F)cn1. The molecule has 4 heterocycles. The Bertz CT molecular complexity index is 1270. The van der Waals surface area contributed by atoms with E-state index in [0.29, 0.717) is 24.7 Å². The summed E-state index contributed by atoms with van der Waals surface area (Å²) in [6.07, 6.45) is -2.09. The molecule has 8 nitrogen and oxygen atoms in total. The zero-order valence-electron chi connectivity index (χ0n) is 20.2. The summed E-state index contributed by atoms with van der Waals surface area (Å²) in [5, 5.41) is 10.3. The number of aromatic nitrogens is 3. The first-order valence-corrected chi connectivity index (χ1v) is 11.7. The monoisotopic (exact) mass is 500 g/mol. The molecule has 0 spiro atoms. The third kappa shape index (κ3) is 4.62. The summed E-state index contributed by atoms with van der Waals surface area (Å²) >= 11 is 0. The third-order valence-corrected chi connectivity index (χ3v) is 6.74. The minimum absolute atomic E-state index is 0.0728. The number of alkyl halides is 3. The number of halogens is 3. The molecule has 0 saturated carbocycles. The highest BCUT2D eigenvalue weighted by atomic mass is 19.4. The van der Waals surface area contributed by atoms with E-state index in [-0.39, 0.29) is 6.04 Å². The van der Waals surface area contributed by atoms with Crippen molar-refractivity contribution in [2.24, 2.45) is 0 Å². The van der Waals surface area contributed by atoms with E-state index < -0.39 is 23.4 Å². The number of benzene rings is 1. The topological polar surface area (TPSA) is 86.4 Å². The van der Waals surface area contributed by atoms with Crippen LogP contribution in [-0.2, 0) is 18.3 Å². The molecule has 0 radical (unpaired) electrons. The summed E-state index contributed by atoms with van der Waals surface area (Å²) in [7, 11) is 0. The Labute approximate surface area is 206 Å². The quantitative estimate of drug-likeness (QED) is 0.547. The smallest absolute Gasteiger partial charge is 0.410 e. The maximum Gasteiger partial charge on any atom is 0.417 e. The van der Waals surface area contributed by atoms with Gasteiger partial charge in [-0.3, -0.25) is 10.00 Å². The number of nitrogens with zero attached hydrogens (tertiary/aromatic N) is 4. The summed E-state index contributed by atoms with van der Waals surface area (Å²) in [6, 6.07) is 8.27. The number of fused-ring (bicyclic) bond motifs is 1. The van der Waals surface area contributed by atoms with Crippen molar-refractivity contribution in [2.75, 3.05) is 24.5 Å². The molecule has 190 valence electrons. The van der Waals surface area contributed by atoms with Gasteiger partial charge in [-0.05, 0) is 51.1 Å². The van der Waals surface area contributed by atoms with Crippen LogP contribution in [0.4, 0.5) is 23.8 Å². The normalized spacial score (nSPS) is 20.0. The van der Waals surface area contributed by atoms with Crippen molar-refractivity contribution in [3.63, 3.8) is 0 Å². The second kappa shape index (κ2) is 8.81. The van der Waals surface area contributed by atoms with E-state index in [9.17, 15) is 18.0 Å². The second-order valence-corrected chi connectivity index (χ2v) is 9.79. The Morgan fingerprint density at radius 3 is 2.69 bits per heavy atom. The van der Waals surface area contributed by atoms with Crippen LogP contribution in [0.15, 0.2) is 42.7 Å². The number of ether oxygens (including phenoxy) is 1. The fourth-order valence-corrected chi connectivity index (χ4v) is 4.87. The molecule has 1 aromatic carbocycles. The Balaban J connectivity index is 1.29. The van der Waals surface area contributed by atoms with Gasteiger partial charge < -0.3 is 15.0 Å². The number of hydrogen-bond donors (Lipinski definition) is 2. The van der Waals surface area contributed by atoms with Crippen LogP contribution in [-0.4, -0.2) is 51.9 Å². The number of pyridine rings is 1. The first-order chi connectivity index (χ1) is 17.0. The van der Waals surface area contributed by atoms with E-state index in [0.717, 1.165) is 47.7 Å². The van der Waals surface area contributed by atoms with Gasteiger partial charge in [0.05, 0.1) is 16.8 Å². The number of H-pyrrole nitrogens is 1. The van der Waals surface area contributed by atoms with Crippen molar-refractivity contribution >= 4 is 11.9 Å². The van der Waals surface area contributed by atoms with Gasteiger partial charge in [0.25, 0.3) is 0 Å². The lowest BCUT2D eigenvalue weighted by Gasteiger charge is -2.40. The Kier molecular flexibility index (Phi) is 5.90. The highest BCUT2D eigenvalue weighted by Crippen LogP contribution is 2.37. The highest BCUT2D eigenvalue weighted by molar-refractivity contribution is 5.77. The molecule has 5 rings (SSSR count). The van der Waals surface area contributed by atoms with Crippen LogP contribution in [0.2, 0.25) is 0 Å². The number of nitrogens with one attached hydrogen (secondary N) is 2. The molecule has 1 atom stereocenters. The molecule has 1 fully saturated rings. The largest absolute Gasteiger partial charge is 0.417 e. The van der Waals surface area contributed by atoms with E-state index in [1.54, 1.807) is 6.07 Å². The van der Waals surface area contributed by atoms with Gasteiger partial charge in [-0.2, -0.15) is 18.3 Å². The molecule has 1 amide bonds. The zero-order chi connectivity index (χ0) is 25.7. The average molecular weight is 501 g/mol. The molecule has 2 aliphatic rings. The highest BCUT2D eigenvalue weighted by Gasteiger charge is 2.34. The first-order valence-electron chi connectivity index (χ1n) is 11.7. The summed E-state index contributed by atoms with van der Waals surface area (Å²) in [6.45, 7) is 8.66. The molecule has 0 aliphatic carbocycles. The first kappa shape index (κ1) is 24.1. The maximum atomic E-state index is 12.9. The van der Waals surface area contributed by atoms with E-state index in [2.05, 4.69) is 25.4 Å². The molecule has 3 aromatic rings. The molecule has 2 N–H and O–H groups in total. The fraction of sp³-hybridized carbons (Fsp3) is 0.400. The molecular weight excluding hydrogens is 473 g/mol. The van der Waals surface area contributed by atoms with Crippen LogP contribution in [0.1, 0.15) is 37.5 Å². The van der Waals surface area contributed by atoms with E-state index >= 15 is 0 Å². The van der Waals surface area contributed by atoms with Crippen LogP contribution in [0.5, 0.6) is 5.75 Å². The summed E-state index contributed by atoms with van der Waals surface area (Å²) in [5.74, 6) is 1.08. The fourth-order valence-electron chi connectivity index (χ4n) is 4.87. The van der Waals surface area contributed by atoms with Crippen molar-refractivity contribution in [1.29, 1.82) is 0 Å². The van der Waals surface area contributed by atoms with Crippen molar-refractivity contribution in [3.8, 4) is 17.0 Å². The van der Waals surface area contributed by atoms with Crippen molar-refractivity contribution in [3.05, 3.63) is 59.4 Å². The van der Waals surface area contributed by atoms with Crippen molar-refractivity contribution in [1.82, 2.24) is 25.4 Å². The van der Waals surface area contributed by atoms with Crippen LogP contribution in [0.3, 0.4) is 0 Å². The Morgan fingerprint density at radius 2 is 2.00 bits per heavy atom. The van der Waals surface area contributed by atoms with Gasteiger partial charge >= 0.3 is 12.3 Å².